The maximum atomic E-state index is 12.5. The molecule has 0 aliphatic heterocycles. The maximum Gasteiger partial charge on any atom is 0.326 e. The van der Waals surface area contributed by atoms with Gasteiger partial charge >= 0.3 is 5.97 Å². The van der Waals surface area contributed by atoms with Gasteiger partial charge in [-0.15, -0.1) is 0 Å². The van der Waals surface area contributed by atoms with Crippen LogP contribution in [0.15, 0.2) is 0 Å². The van der Waals surface area contributed by atoms with Gasteiger partial charge in [0.1, 0.15) is 18.1 Å². The van der Waals surface area contributed by atoms with Crippen molar-refractivity contribution < 1.29 is 24.3 Å². The first-order chi connectivity index (χ1) is 12.5. The van der Waals surface area contributed by atoms with Gasteiger partial charge in [-0.1, -0.05) is 27.7 Å². The van der Waals surface area contributed by atoms with Gasteiger partial charge in [0.2, 0.25) is 17.7 Å². The maximum absolute atomic E-state index is 12.5. The molecule has 9 heteroatoms. The van der Waals surface area contributed by atoms with E-state index in [1.54, 1.807) is 0 Å². The molecule has 0 fully saturated rings. The summed E-state index contributed by atoms with van der Waals surface area (Å²) in [5.74, 6) is -2.31. The SMILES string of the molecule is CC(C)CC(NC(=O)C(C)NC(=O)C(CC(C)C)NC(=O)CCN)C(=O)O. The summed E-state index contributed by atoms with van der Waals surface area (Å²) in [6.07, 6.45) is 0.794. The molecule has 0 saturated carbocycles. The number of nitrogens with two attached hydrogens (primary N) is 1. The molecule has 156 valence electrons. The summed E-state index contributed by atoms with van der Waals surface area (Å²) in [5, 5.41) is 16.8. The van der Waals surface area contributed by atoms with Crippen LogP contribution in [0.25, 0.3) is 0 Å². The zero-order valence-electron chi connectivity index (χ0n) is 16.9. The van der Waals surface area contributed by atoms with Crippen molar-refractivity contribution in [3.8, 4) is 0 Å². The molecule has 0 aliphatic rings. The molecule has 0 bridgehead atoms. The van der Waals surface area contributed by atoms with E-state index in [1.165, 1.54) is 6.92 Å². The molecule has 3 atom stereocenters. The van der Waals surface area contributed by atoms with Crippen LogP contribution in [0.5, 0.6) is 0 Å². The highest BCUT2D eigenvalue weighted by Crippen LogP contribution is 2.07. The lowest BCUT2D eigenvalue weighted by Gasteiger charge is -2.23. The van der Waals surface area contributed by atoms with Crippen LogP contribution in [0.2, 0.25) is 0 Å². The van der Waals surface area contributed by atoms with E-state index in [9.17, 15) is 24.3 Å². The van der Waals surface area contributed by atoms with Gasteiger partial charge in [0.25, 0.3) is 0 Å². The molecular weight excluding hydrogens is 352 g/mol. The van der Waals surface area contributed by atoms with Gasteiger partial charge in [0, 0.05) is 13.0 Å². The molecular formula is C18H34N4O5. The van der Waals surface area contributed by atoms with Gasteiger partial charge in [-0.3, -0.25) is 14.4 Å². The minimum atomic E-state index is -1.12. The number of amides is 3. The minimum absolute atomic E-state index is 0.0875. The number of carbonyl (C=O) groups excluding carboxylic acids is 3. The standard InChI is InChI=1S/C18H34N4O5/c1-10(2)8-13(21-15(23)6-7-19)17(25)20-12(5)16(24)22-14(18(26)27)9-11(3)4/h10-14H,6-9,19H2,1-5H3,(H,20,25)(H,21,23)(H,22,24)(H,26,27). The summed E-state index contributed by atoms with van der Waals surface area (Å²) >= 11 is 0. The van der Waals surface area contributed by atoms with E-state index >= 15 is 0 Å². The first-order valence-electron chi connectivity index (χ1n) is 9.30. The van der Waals surface area contributed by atoms with Gasteiger partial charge in [-0.2, -0.15) is 0 Å². The Labute approximate surface area is 160 Å². The fraction of sp³-hybridized carbons (Fsp3) is 0.778. The quantitative estimate of drug-likeness (QED) is 0.318. The largest absolute Gasteiger partial charge is 0.480 e. The Morgan fingerprint density at radius 2 is 1.33 bits per heavy atom. The van der Waals surface area contributed by atoms with E-state index in [-0.39, 0.29) is 37.1 Å². The molecule has 0 aromatic rings. The second-order valence-corrected chi connectivity index (χ2v) is 7.55. The van der Waals surface area contributed by atoms with Crippen LogP contribution >= 0.6 is 0 Å². The molecule has 27 heavy (non-hydrogen) atoms. The number of carboxylic acid groups (broad SMARTS) is 1. The summed E-state index contributed by atoms with van der Waals surface area (Å²) in [6, 6.07) is -2.75. The highest BCUT2D eigenvalue weighted by Gasteiger charge is 2.27. The Bertz CT molecular complexity index is 522. The predicted molar refractivity (Wildman–Crippen MR) is 102 cm³/mol. The van der Waals surface area contributed by atoms with Crippen molar-refractivity contribution >= 4 is 23.7 Å². The Morgan fingerprint density at radius 1 is 0.815 bits per heavy atom. The van der Waals surface area contributed by atoms with Crippen molar-refractivity contribution in [1.82, 2.24) is 16.0 Å². The molecule has 0 aromatic heterocycles. The number of rotatable bonds is 12. The third-order valence-electron chi connectivity index (χ3n) is 3.80. The molecule has 0 heterocycles. The number of hydrogen-bond acceptors (Lipinski definition) is 5. The lowest BCUT2D eigenvalue weighted by Crippen LogP contribution is -2.55. The fourth-order valence-electron chi connectivity index (χ4n) is 2.47. The molecule has 0 saturated heterocycles. The summed E-state index contributed by atoms with van der Waals surface area (Å²) < 4.78 is 0. The van der Waals surface area contributed by atoms with Crippen molar-refractivity contribution in [1.29, 1.82) is 0 Å². The first kappa shape index (κ1) is 24.8. The first-order valence-corrected chi connectivity index (χ1v) is 9.30. The van der Waals surface area contributed by atoms with Crippen LogP contribution in [0.1, 0.15) is 53.9 Å². The van der Waals surface area contributed by atoms with E-state index < -0.39 is 35.9 Å². The Balaban J connectivity index is 4.90. The summed E-state index contributed by atoms with van der Waals surface area (Å²) in [4.78, 5) is 47.8. The number of carboxylic acids is 1. The van der Waals surface area contributed by atoms with E-state index in [0.29, 0.717) is 6.42 Å². The summed E-state index contributed by atoms with van der Waals surface area (Å²) in [5.41, 5.74) is 5.35. The molecule has 0 aromatic carbocycles. The molecule has 3 unspecified atom stereocenters. The van der Waals surface area contributed by atoms with E-state index in [0.717, 1.165) is 0 Å². The normalized spacial score (nSPS) is 14.4. The highest BCUT2D eigenvalue weighted by atomic mass is 16.4. The average molecular weight is 386 g/mol. The topological polar surface area (TPSA) is 151 Å². The average Bonchev–Trinajstić information content (AvgIpc) is 2.52. The predicted octanol–water partition coefficient (Wildman–Crippen LogP) is -0.0137. The van der Waals surface area contributed by atoms with E-state index in [4.69, 9.17) is 5.73 Å². The molecule has 0 radical (unpaired) electrons. The van der Waals surface area contributed by atoms with Crippen LogP contribution in [-0.2, 0) is 19.2 Å². The van der Waals surface area contributed by atoms with Crippen molar-refractivity contribution in [2.45, 2.75) is 72.0 Å². The summed E-state index contributed by atoms with van der Waals surface area (Å²) in [6.45, 7) is 9.17. The van der Waals surface area contributed by atoms with Gasteiger partial charge in [-0.25, -0.2) is 4.79 Å². The highest BCUT2D eigenvalue weighted by molar-refractivity contribution is 5.93. The van der Waals surface area contributed by atoms with Crippen LogP contribution in [-0.4, -0.2) is 53.5 Å². The van der Waals surface area contributed by atoms with Crippen molar-refractivity contribution in [3.05, 3.63) is 0 Å². The zero-order chi connectivity index (χ0) is 21.1. The minimum Gasteiger partial charge on any atom is -0.480 e. The lowest BCUT2D eigenvalue weighted by atomic mass is 10.0. The van der Waals surface area contributed by atoms with Gasteiger partial charge in [0.05, 0.1) is 0 Å². The number of nitrogens with one attached hydrogen (secondary N) is 3. The Kier molecular flexibility index (Phi) is 11.3. The third-order valence-corrected chi connectivity index (χ3v) is 3.80. The van der Waals surface area contributed by atoms with Gasteiger partial charge in [0.15, 0.2) is 0 Å². The molecule has 0 spiro atoms. The van der Waals surface area contributed by atoms with Gasteiger partial charge < -0.3 is 26.8 Å². The number of carbonyl (C=O) groups is 4. The molecule has 3 amide bonds. The monoisotopic (exact) mass is 386 g/mol. The summed E-state index contributed by atoms with van der Waals surface area (Å²) in [7, 11) is 0. The molecule has 9 nitrogen and oxygen atoms in total. The van der Waals surface area contributed by atoms with Crippen molar-refractivity contribution in [2.24, 2.45) is 17.6 Å². The van der Waals surface area contributed by atoms with Crippen LogP contribution in [0, 0.1) is 11.8 Å². The van der Waals surface area contributed by atoms with Crippen molar-refractivity contribution in [3.63, 3.8) is 0 Å². The lowest BCUT2D eigenvalue weighted by molar-refractivity contribution is -0.142. The third kappa shape index (κ3) is 10.5. The van der Waals surface area contributed by atoms with E-state index in [2.05, 4.69) is 16.0 Å². The van der Waals surface area contributed by atoms with Crippen LogP contribution in [0.4, 0.5) is 0 Å². The van der Waals surface area contributed by atoms with Gasteiger partial charge in [-0.05, 0) is 31.6 Å². The Morgan fingerprint density at radius 3 is 1.78 bits per heavy atom. The second kappa shape index (κ2) is 12.3. The van der Waals surface area contributed by atoms with Crippen molar-refractivity contribution in [2.75, 3.05) is 6.54 Å². The molecule has 6 N–H and O–H groups in total. The molecule has 0 rings (SSSR count). The molecule has 0 aliphatic carbocycles. The zero-order valence-corrected chi connectivity index (χ0v) is 16.9. The van der Waals surface area contributed by atoms with Crippen LogP contribution in [0.3, 0.4) is 0 Å². The second-order valence-electron chi connectivity index (χ2n) is 7.55. The number of hydrogen-bond donors (Lipinski definition) is 5. The fourth-order valence-corrected chi connectivity index (χ4v) is 2.47. The number of aliphatic carboxylic acids is 1. The Hall–Kier alpha value is -2.16. The van der Waals surface area contributed by atoms with E-state index in [1.807, 2.05) is 27.7 Å². The van der Waals surface area contributed by atoms with Crippen LogP contribution < -0.4 is 21.7 Å². The smallest absolute Gasteiger partial charge is 0.326 e.